The van der Waals surface area contributed by atoms with Gasteiger partial charge in [0.15, 0.2) is 0 Å². The molecule has 4 rings (SSSR count). The monoisotopic (exact) mass is 857 g/mol. The van der Waals surface area contributed by atoms with Crippen LogP contribution in [0, 0.1) is 5.92 Å². The Morgan fingerprint density at radius 2 is 1.35 bits per heavy atom. The van der Waals surface area contributed by atoms with Gasteiger partial charge in [0.2, 0.25) is 29.5 Å². The average molecular weight is 858 g/mol. The first-order valence-electron chi connectivity index (χ1n) is 21.0. The highest BCUT2D eigenvalue weighted by Gasteiger charge is 2.34. The van der Waals surface area contributed by atoms with Gasteiger partial charge in [-0.3, -0.25) is 24.0 Å². The molecule has 6 unspecified atom stereocenters. The molecule has 3 aromatic rings. The molecular weight excluding hydrogens is 799 g/mol. The summed E-state index contributed by atoms with van der Waals surface area (Å²) in [4.78, 5) is 96.0. The normalized spacial score (nSPS) is 20.8. The zero-order chi connectivity index (χ0) is 45.2. The number of aliphatic carboxylic acids is 1. The Morgan fingerprint density at radius 3 is 1.94 bits per heavy atom. The van der Waals surface area contributed by atoms with Gasteiger partial charge in [0.05, 0.1) is 6.54 Å². The van der Waals surface area contributed by atoms with Crippen molar-refractivity contribution in [3.63, 3.8) is 0 Å². The molecule has 1 aliphatic rings. The van der Waals surface area contributed by atoms with Gasteiger partial charge >= 0.3 is 12.0 Å². The molecule has 7 amide bonds. The van der Waals surface area contributed by atoms with Crippen molar-refractivity contribution in [3.05, 3.63) is 95.6 Å². The smallest absolute Gasteiger partial charge is 0.326 e. The van der Waals surface area contributed by atoms with Gasteiger partial charge in [-0.05, 0) is 91.8 Å². The Labute approximate surface area is 361 Å². The van der Waals surface area contributed by atoms with Gasteiger partial charge in [0.1, 0.15) is 41.7 Å². The predicted octanol–water partition coefficient (Wildman–Crippen LogP) is 2.29. The number of hydrogen-bond donors (Lipinski definition) is 9. The number of hydrogen-bond acceptors (Lipinski definition) is 9. The molecule has 17 nitrogen and oxygen atoms in total. The molecule has 1 saturated heterocycles. The molecule has 0 saturated carbocycles. The maximum absolute atomic E-state index is 14.2. The number of likely N-dealkylation sites (N-methyl/N-ethyl adjacent to an activating group) is 1. The number of aromatic hydroxyl groups is 2. The number of aryl methyl sites for hydroxylation is 2. The van der Waals surface area contributed by atoms with Gasteiger partial charge in [0, 0.05) is 20.0 Å². The Hall–Kier alpha value is -6.65. The van der Waals surface area contributed by atoms with Gasteiger partial charge in [0.25, 0.3) is 0 Å². The second-order valence-corrected chi connectivity index (χ2v) is 15.7. The molecule has 1 aliphatic heterocycles. The quantitative estimate of drug-likeness (QED) is 0.121. The van der Waals surface area contributed by atoms with E-state index in [-0.39, 0.29) is 43.7 Å². The number of nitrogens with one attached hydrogen (secondary N) is 6. The first-order chi connectivity index (χ1) is 29.6. The molecule has 17 heteroatoms. The molecule has 0 bridgehead atoms. The van der Waals surface area contributed by atoms with E-state index >= 15 is 0 Å². The molecule has 334 valence electrons. The fourth-order valence-corrected chi connectivity index (χ4v) is 6.98. The number of phenolic OH excluding ortho intramolecular Hbond substituents is 2. The first-order valence-corrected chi connectivity index (χ1v) is 21.0. The zero-order valence-electron chi connectivity index (χ0n) is 35.4. The fraction of sp³-hybridized carbons (Fsp3) is 0.444. The number of carboxylic acids is 1. The van der Waals surface area contributed by atoms with Gasteiger partial charge in [-0.15, -0.1) is 0 Å². The minimum atomic E-state index is -1.32. The van der Waals surface area contributed by atoms with Gasteiger partial charge in [-0.1, -0.05) is 74.9 Å². The molecule has 6 atom stereocenters. The molecule has 9 N–H and O–H groups in total. The summed E-state index contributed by atoms with van der Waals surface area (Å²) < 4.78 is 0. The molecule has 3 aromatic carbocycles. The fourth-order valence-electron chi connectivity index (χ4n) is 6.98. The van der Waals surface area contributed by atoms with Gasteiger partial charge < -0.3 is 52.1 Å². The summed E-state index contributed by atoms with van der Waals surface area (Å²) in [6.07, 6.45) is 2.04. The number of nitrogens with zero attached hydrogens (tertiary/aromatic N) is 1. The van der Waals surface area contributed by atoms with Crippen LogP contribution in [0.3, 0.4) is 0 Å². The van der Waals surface area contributed by atoms with Crippen LogP contribution in [0.15, 0.2) is 78.9 Å². The van der Waals surface area contributed by atoms with E-state index in [1.54, 1.807) is 61.5 Å². The van der Waals surface area contributed by atoms with Crippen molar-refractivity contribution < 1.29 is 48.9 Å². The topological polar surface area (TPSA) is 256 Å². The zero-order valence-corrected chi connectivity index (χ0v) is 35.4. The summed E-state index contributed by atoms with van der Waals surface area (Å²) in [6, 6.07) is 14.7. The van der Waals surface area contributed by atoms with Crippen molar-refractivity contribution in [2.45, 2.75) is 102 Å². The Morgan fingerprint density at radius 1 is 0.758 bits per heavy atom. The van der Waals surface area contributed by atoms with E-state index in [0.717, 1.165) is 16.0 Å². The maximum atomic E-state index is 14.2. The van der Waals surface area contributed by atoms with Crippen molar-refractivity contribution in [1.82, 2.24) is 36.8 Å². The highest BCUT2D eigenvalue weighted by Crippen LogP contribution is 2.16. The van der Waals surface area contributed by atoms with E-state index < -0.39 is 84.2 Å². The molecule has 0 radical (unpaired) electrons. The van der Waals surface area contributed by atoms with Crippen LogP contribution in [0.25, 0.3) is 0 Å². The van der Waals surface area contributed by atoms with Crippen LogP contribution in [0.5, 0.6) is 11.5 Å². The standard InChI is InChI=1S/C45H59N7O10/c1-4-28(2)39-42(58)48-36(24-18-30-15-21-33(54)22-16-30)43(59)52(3)27-38(55)47-35(23-17-29-13-19-32(53)20-14-29)40(56)46-25-9-8-12-34(41(57)51-39)49-45(62)50-37(44(60)61)26-31-10-6-5-7-11-31/h5-7,10-11,13-16,19-22,28,34-37,39,53-54H,4,8-9,12,17-18,23-27H2,1-3H3,(H,46,56)(H,47,55)(H,48,58)(H,51,57)(H,60,61)(H2,49,50,62). The van der Waals surface area contributed by atoms with E-state index in [0.29, 0.717) is 37.7 Å². The van der Waals surface area contributed by atoms with E-state index in [2.05, 4.69) is 31.9 Å². The third-order valence-corrected chi connectivity index (χ3v) is 10.9. The Balaban J connectivity index is 1.62. The number of carboxylic acid groups (broad SMARTS) is 1. The summed E-state index contributed by atoms with van der Waals surface area (Å²) in [5, 5.41) is 45.6. The third-order valence-electron chi connectivity index (χ3n) is 10.9. The highest BCUT2D eigenvalue weighted by molar-refractivity contribution is 5.96. The number of benzene rings is 3. The minimum Gasteiger partial charge on any atom is -0.508 e. The van der Waals surface area contributed by atoms with Crippen LogP contribution in [0.1, 0.15) is 69.1 Å². The van der Waals surface area contributed by atoms with Gasteiger partial charge in [-0.25, -0.2) is 9.59 Å². The lowest BCUT2D eigenvalue weighted by atomic mass is 9.96. The lowest BCUT2D eigenvalue weighted by Gasteiger charge is -2.30. The number of carbonyl (C=O) groups is 7. The summed E-state index contributed by atoms with van der Waals surface area (Å²) in [5.41, 5.74) is 2.24. The second-order valence-electron chi connectivity index (χ2n) is 15.7. The maximum Gasteiger partial charge on any atom is 0.326 e. The van der Waals surface area contributed by atoms with Crippen molar-refractivity contribution in [2.75, 3.05) is 20.1 Å². The van der Waals surface area contributed by atoms with Gasteiger partial charge in [-0.2, -0.15) is 0 Å². The molecule has 1 heterocycles. The highest BCUT2D eigenvalue weighted by atomic mass is 16.4. The number of carbonyl (C=O) groups excluding carboxylic acids is 6. The Bertz CT molecular complexity index is 1980. The molecule has 1 fully saturated rings. The Kier molecular flexibility index (Phi) is 18.6. The van der Waals surface area contributed by atoms with E-state index in [1.165, 1.54) is 31.3 Å². The molecular formula is C45H59N7O10. The molecule has 0 aromatic heterocycles. The second kappa shape index (κ2) is 24.0. The number of rotatable bonds is 13. The van der Waals surface area contributed by atoms with Crippen LogP contribution in [0.2, 0.25) is 0 Å². The number of phenols is 2. The molecule has 62 heavy (non-hydrogen) atoms. The van der Waals surface area contributed by atoms with Crippen LogP contribution in [-0.4, -0.2) is 112 Å². The van der Waals surface area contributed by atoms with Crippen LogP contribution in [0.4, 0.5) is 4.79 Å². The predicted molar refractivity (Wildman–Crippen MR) is 230 cm³/mol. The summed E-state index contributed by atoms with van der Waals surface area (Å²) in [5.74, 6) is -4.69. The summed E-state index contributed by atoms with van der Waals surface area (Å²) >= 11 is 0. The van der Waals surface area contributed by atoms with Crippen molar-refractivity contribution in [3.8, 4) is 11.5 Å². The number of amides is 7. The average Bonchev–Trinajstić information content (AvgIpc) is 3.25. The lowest BCUT2D eigenvalue weighted by Crippen LogP contribution is -2.60. The minimum absolute atomic E-state index is 0.0192. The number of urea groups is 1. The molecule has 0 aliphatic carbocycles. The van der Waals surface area contributed by atoms with E-state index in [4.69, 9.17) is 0 Å². The lowest BCUT2D eigenvalue weighted by molar-refractivity contribution is -0.140. The third kappa shape index (κ3) is 15.4. The van der Waals surface area contributed by atoms with Crippen LogP contribution >= 0.6 is 0 Å². The summed E-state index contributed by atoms with van der Waals surface area (Å²) in [6.45, 7) is 3.28. The van der Waals surface area contributed by atoms with Crippen molar-refractivity contribution in [1.29, 1.82) is 0 Å². The largest absolute Gasteiger partial charge is 0.508 e. The van der Waals surface area contributed by atoms with E-state index in [1.807, 2.05) is 6.92 Å². The first kappa shape index (κ1) is 48.0. The SMILES string of the molecule is CCC(C)C1NC(=O)C(NC(=O)NC(Cc2ccccc2)C(=O)O)CCCCNC(=O)C(CCc2ccc(O)cc2)NC(=O)CN(C)C(=O)C(CCc2ccc(O)cc2)NC1=O. The van der Waals surface area contributed by atoms with Crippen LogP contribution in [-0.2, 0) is 48.0 Å². The van der Waals surface area contributed by atoms with E-state index in [9.17, 15) is 48.9 Å². The summed E-state index contributed by atoms with van der Waals surface area (Å²) in [7, 11) is 1.40. The molecule has 0 spiro atoms. The van der Waals surface area contributed by atoms with Crippen molar-refractivity contribution >= 4 is 41.5 Å². The van der Waals surface area contributed by atoms with Crippen molar-refractivity contribution in [2.24, 2.45) is 5.92 Å². The van der Waals surface area contributed by atoms with Crippen LogP contribution < -0.4 is 31.9 Å².